The number of aryl methyl sites for hydroxylation is 1. The van der Waals surface area contributed by atoms with Crippen molar-refractivity contribution in [2.45, 2.75) is 29.4 Å². The second-order valence-electron chi connectivity index (χ2n) is 7.50. The first kappa shape index (κ1) is 22.5. The lowest BCUT2D eigenvalue weighted by Crippen LogP contribution is -2.34. The van der Waals surface area contributed by atoms with Gasteiger partial charge in [-0.25, -0.2) is 0 Å². The molecule has 1 atom stereocenters. The van der Waals surface area contributed by atoms with E-state index in [0.29, 0.717) is 17.1 Å². The quantitative estimate of drug-likeness (QED) is 0.467. The monoisotopic (exact) mass is 465 g/mol. The molecule has 0 fully saturated rings. The number of aliphatic carboxylic acids is 1. The van der Waals surface area contributed by atoms with Gasteiger partial charge in [-0.1, -0.05) is 12.1 Å². The number of ether oxygens (including phenoxy) is 1. The number of carboxylic acid groups (broad SMARTS) is 1. The zero-order valence-electron chi connectivity index (χ0n) is 17.9. The molecule has 1 aliphatic rings. The summed E-state index contributed by atoms with van der Waals surface area (Å²) < 4.78 is 6.81. The van der Waals surface area contributed by atoms with Crippen LogP contribution in [0.4, 0.5) is 5.69 Å². The maximum atomic E-state index is 12.9. The fraction of sp³-hybridized carbons (Fsp3) is 0.208. The highest BCUT2D eigenvalue weighted by atomic mass is 32.2. The average molecular weight is 466 g/mol. The molecule has 3 N–H and O–H groups in total. The minimum Gasteiger partial charge on any atom is -0.497 e. The van der Waals surface area contributed by atoms with E-state index in [0.717, 1.165) is 16.1 Å². The van der Waals surface area contributed by atoms with Crippen molar-refractivity contribution in [1.29, 1.82) is 0 Å². The second kappa shape index (κ2) is 9.83. The van der Waals surface area contributed by atoms with Gasteiger partial charge < -0.3 is 15.2 Å². The Hall–Kier alpha value is -3.72. The third kappa shape index (κ3) is 5.20. The van der Waals surface area contributed by atoms with Crippen LogP contribution in [0.15, 0.2) is 65.6 Å². The van der Waals surface area contributed by atoms with Crippen molar-refractivity contribution in [2.75, 3.05) is 17.9 Å². The molecule has 3 aromatic rings. The van der Waals surface area contributed by atoms with Crippen molar-refractivity contribution in [3.63, 3.8) is 0 Å². The molecule has 0 saturated carbocycles. The van der Waals surface area contributed by atoms with Gasteiger partial charge in [-0.3, -0.25) is 24.5 Å². The minimum atomic E-state index is -0.922. The number of anilines is 1. The number of aromatic nitrogens is 1. The van der Waals surface area contributed by atoms with Crippen LogP contribution in [0.3, 0.4) is 0 Å². The molecule has 33 heavy (non-hydrogen) atoms. The summed E-state index contributed by atoms with van der Waals surface area (Å²) in [6.07, 6.45) is 0.154. The van der Waals surface area contributed by atoms with Crippen LogP contribution in [0.25, 0.3) is 11.3 Å². The van der Waals surface area contributed by atoms with Crippen molar-refractivity contribution < 1.29 is 24.2 Å². The zero-order chi connectivity index (χ0) is 23.4. The van der Waals surface area contributed by atoms with Gasteiger partial charge >= 0.3 is 5.97 Å². The molecule has 0 saturated heterocycles. The van der Waals surface area contributed by atoms with Gasteiger partial charge in [-0.15, -0.1) is 11.8 Å². The molecule has 2 heterocycles. The summed E-state index contributed by atoms with van der Waals surface area (Å²) >= 11 is 1.36. The number of carbonyl (C=O) groups excluding carboxylic acids is 2. The standard InChI is InChI=1S/C24H23N3O5S/c1-32-17-10-6-15(7-11-17)19-12-8-16(9-13-23(29)30)27(19)26-22(28)14-21-24(31)25-18-4-2-3-5-20(18)33-21/h2-8,10-12,21H,9,13-14H2,1H3,(H,25,31)(H,26,28)(H,29,30)/t21-/m1/s1. The van der Waals surface area contributed by atoms with E-state index in [1.54, 1.807) is 17.9 Å². The van der Waals surface area contributed by atoms with E-state index in [9.17, 15) is 14.4 Å². The first-order chi connectivity index (χ1) is 15.9. The molecule has 8 nitrogen and oxygen atoms in total. The number of hydrogen-bond donors (Lipinski definition) is 3. The second-order valence-corrected chi connectivity index (χ2v) is 8.74. The van der Waals surface area contributed by atoms with E-state index in [-0.39, 0.29) is 31.1 Å². The number of amides is 2. The van der Waals surface area contributed by atoms with Gasteiger partial charge in [0.15, 0.2) is 0 Å². The normalized spacial score (nSPS) is 14.8. The van der Waals surface area contributed by atoms with E-state index < -0.39 is 11.2 Å². The third-order valence-electron chi connectivity index (χ3n) is 5.26. The molecule has 0 spiro atoms. The van der Waals surface area contributed by atoms with Gasteiger partial charge in [0.25, 0.3) is 0 Å². The van der Waals surface area contributed by atoms with Crippen molar-refractivity contribution >= 4 is 35.2 Å². The van der Waals surface area contributed by atoms with Gasteiger partial charge in [0, 0.05) is 29.0 Å². The zero-order valence-corrected chi connectivity index (χ0v) is 18.7. The number of thioether (sulfide) groups is 1. The first-order valence-electron chi connectivity index (χ1n) is 10.4. The van der Waals surface area contributed by atoms with Crippen LogP contribution >= 0.6 is 11.8 Å². The number of benzene rings is 2. The van der Waals surface area contributed by atoms with E-state index in [4.69, 9.17) is 9.84 Å². The Labute approximate surface area is 194 Å². The number of nitrogens with zero attached hydrogens (tertiary/aromatic N) is 1. The molecule has 0 unspecified atom stereocenters. The summed E-state index contributed by atoms with van der Waals surface area (Å²) in [5, 5.41) is 11.4. The van der Waals surface area contributed by atoms with Gasteiger partial charge in [0.1, 0.15) is 5.75 Å². The third-order valence-corrected chi connectivity index (χ3v) is 6.53. The molecule has 1 aromatic heterocycles. The predicted molar refractivity (Wildman–Crippen MR) is 126 cm³/mol. The highest BCUT2D eigenvalue weighted by molar-refractivity contribution is 8.01. The molecule has 170 valence electrons. The van der Waals surface area contributed by atoms with Gasteiger partial charge in [0.05, 0.1) is 30.2 Å². The molecule has 0 aliphatic carbocycles. The summed E-state index contributed by atoms with van der Waals surface area (Å²) in [4.78, 5) is 37.5. The predicted octanol–water partition coefficient (Wildman–Crippen LogP) is 3.75. The molecule has 4 rings (SSSR count). The summed E-state index contributed by atoms with van der Waals surface area (Å²) in [7, 11) is 1.58. The van der Waals surface area contributed by atoms with Crippen LogP contribution in [0, 0.1) is 0 Å². The number of methoxy groups -OCH3 is 1. The Morgan fingerprint density at radius 2 is 1.88 bits per heavy atom. The Bertz CT molecular complexity index is 1190. The lowest BCUT2D eigenvalue weighted by molar-refractivity contribution is -0.137. The van der Waals surface area contributed by atoms with Crippen molar-refractivity contribution in [3.05, 3.63) is 66.4 Å². The summed E-state index contributed by atoms with van der Waals surface area (Å²) in [6.45, 7) is 0. The number of nitrogens with one attached hydrogen (secondary N) is 2. The lowest BCUT2D eigenvalue weighted by Gasteiger charge is -2.24. The van der Waals surface area contributed by atoms with E-state index >= 15 is 0 Å². The summed E-state index contributed by atoms with van der Waals surface area (Å²) in [5.74, 6) is -0.783. The number of para-hydroxylation sites is 1. The van der Waals surface area contributed by atoms with Gasteiger partial charge in [0.2, 0.25) is 11.8 Å². The maximum absolute atomic E-state index is 12.9. The van der Waals surface area contributed by atoms with Crippen molar-refractivity contribution in [2.24, 2.45) is 0 Å². The molecule has 1 aliphatic heterocycles. The van der Waals surface area contributed by atoms with Crippen LogP contribution in [0.1, 0.15) is 18.5 Å². The number of fused-ring (bicyclic) bond motifs is 1. The first-order valence-corrected chi connectivity index (χ1v) is 11.3. The summed E-state index contributed by atoms with van der Waals surface area (Å²) in [6, 6.07) is 18.4. The summed E-state index contributed by atoms with van der Waals surface area (Å²) in [5.41, 5.74) is 5.80. The van der Waals surface area contributed by atoms with E-state index in [2.05, 4.69) is 10.7 Å². The van der Waals surface area contributed by atoms with Crippen LogP contribution in [-0.2, 0) is 20.8 Å². The minimum absolute atomic E-state index is 0.0244. The largest absolute Gasteiger partial charge is 0.497 e. The van der Waals surface area contributed by atoms with E-state index in [1.807, 2.05) is 54.6 Å². The number of hydrogen-bond acceptors (Lipinski definition) is 5. The molecule has 9 heteroatoms. The molecule has 2 amide bonds. The fourth-order valence-corrected chi connectivity index (χ4v) is 4.70. The molecular formula is C24H23N3O5S. The van der Waals surface area contributed by atoms with Gasteiger partial charge in [-0.2, -0.15) is 0 Å². The van der Waals surface area contributed by atoms with Crippen LogP contribution in [0.5, 0.6) is 5.75 Å². The number of carbonyl (C=O) groups is 3. The Morgan fingerprint density at radius 1 is 1.12 bits per heavy atom. The van der Waals surface area contributed by atoms with Crippen LogP contribution in [-0.4, -0.2) is 39.9 Å². The Balaban J connectivity index is 1.55. The maximum Gasteiger partial charge on any atom is 0.303 e. The Morgan fingerprint density at radius 3 is 2.61 bits per heavy atom. The lowest BCUT2D eigenvalue weighted by atomic mass is 10.1. The molecular weight excluding hydrogens is 442 g/mol. The highest BCUT2D eigenvalue weighted by Crippen LogP contribution is 2.36. The van der Waals surface area contributed by atoms with Crippen molar-refractivity contribution in [3.8, 4) is 17.0 Å². The van der Waals surface area contributed by atoms with Crippen molar-refractivity contribution in [1.82, 2.24) is 4.68 Å². The number of carboxylic acids is 1. The van der Waals surface area contributed by atoms with Crippen LogP contribution in [0.2, 0.25) is 0 Å². The highest BCUT2D eigenvalue weighted by Gasteiger charge is 2.29. The molecule has 2 aromatic carbocycles. The fourth-order valence-electron chi connectivity index (χ4n) is 3.59. The topological polar surface area (TPSA) is 110 Å². The smallest absolute Gasteiger partial charge is 0.303 e. The Kier molecular flexibility index (Phi) is 6.69. The van der Waals surface area contributed by atoms with Crippen LogP contribution < -0.4 is 15.5 Å². The number of rotatable bonds is 8. The molecule has 0 radical (unpaired) electrons. The van der Waals surface area contributed by atoms with E-state index in [1.165, 1.54) is 11.8 Å². The average Bonchev–Trinajstić information content (AvgIpc) is 3.20. The van der Waals surface area contributed by atoms with Gasteiger partial charge in [-0.05, 0) is 48.5 Å². The molecule has 0 bridgehead atoms. The SMILES string of the molecule is COc1ccc(-c2ccc(CCC(=O)O)n2NC(=O)C[C@H]2Sc3ccccc3NC2=O)cc1.